The molecule has 2 aliphatic rings. The Hall–Kier alpha value is -1.46. The summed E-state index contributed by atoms with van der Waals surface area (Å²) in [4.78, 5) is 17.5. The molecule has 4 nitrogen and oxygen atoms in total. The number of ether oxygens (including phenoxy) is 1. The van der Waals surface area contributed by atoms with Gasteiger partial charge in [0, 0.05) is 44.4 Å². The fraction of sp³-hybridized carbons (Fsp3) is 0.632. The van der Waals surface area contributed by atoms with Gasteiger partial charge in [-0.3, -0.25) is 9.69 Å². The monoisotopic (exact) mass is 334 g/mol. The largest absolute Gasteiger partial charge is 0.383 e. The number of carbonyl (C=O) groups is 1. The summed E-state index contributed by atoms with van der Waals surface area (Å²) >= 11 is 0. The van der Waals surface area contributed by atoms with Crippen molar-refractivity contribution in [2.45, 2.75) is 44.2 Å². The second-order valence-corrected chi connectivity index (χ2v) is 7.20. The van der Waals surface area contributed by atoms with Gasteiger partial charge in [-0.2, -0.15) is 0 Å². The fourth-order valence-electron chi connectivity index (χ4n) is 4.04. The number of halogens is 1. The molecular formula is C19H27FN2O2. The van der Waals surface area contributed by atoms with Crippen LogP contribution in [0.4, 0.5) is 4.39 Å². The van der Waals surface area contributed by atoms with Crippen molar-refractivity contribution in [2.75, 3.05) is 33.4 Å². The van der Waals surface area contributed by atoms with Crippen LogP contribution in [0.5, 0.6) is 0 Å². The summed E-state index contributed by atoms with van der Waals surface area (Å²) in [6.45, 7) is 7.26. The van der Waals surface area contributed by atoms with Crippen molar-refractivity contribution in [3.63, 3.8) is 0 Å². The molecule has 0 spiro atoms. The lowest BCUT2D eigenvalue weighted by Gasteiger charge is -2.45. The Labute approximate surface area is 143 Å². The van der Waals surface area contributed by atoms with Gasteiger partial charge in [0.1, 0.15) is 5.82 Å². The van der Waals surface area contributed by atoms with Crippen LogP contribution in [0.2, 0.25) is 0 Å². The third-order valence-electron chi connectivity index (χ3n) is 5.49. The highest BCUT2D eigenvalue weighted by atomic mass is 19.1. The molecule has 1 aliphatic heterocycles. The second-order valence-electron chi connectivity index (χ2n) is 7.20. The van der Waals surface area contributed by atoms with E-state index in [1.807, 2.05) is 11.0 Å². The van der Waals surface area contributed by atoms with Crippen LogP contribution in [0.25, 0.3) is 0 Å². The van der Waals surface area contributed by atoms with Crippen LogP contribution in [0.1, 0.15) is 32.3 Å². The standard InChI is InChI=1S/C19H27FN2O2/c1-14-12-21(13-15(2)22(14)10-11-24-3)18(23)19(8-9-19)16-6-4-5-7-17(16)20/h4-7,14-15H,8-13H2,1-3H3. The minimum atomic E-state index is -0.626. The number of nitrogens with zero attached hydrogens (tertiary/aromatic N) is 2. The average molecular weight is 334 g/mol. The molecule has 2 atom stereocenters. The molecule has 132 valence electrons. The Bertz CT molecular complexity index is 591. The van der Waals surface area contributed by atoms with Crippen LogP contribution in [-0.2, 0) is 14.9 Å². The summed E-state index contributed by atoms with van der Waals surface area (Å²) < 4.78 is 19.4. The maximum atomic E-state index is 14.2. The highest BCUT2D eigenvalue weighted by Crippen LogP contribution is 2.50. The van der Waals surface area contributed by atoms with Crippen molar-refractivity contribution in [1.82, 2.24) is 9.80 Å². The predicted molar refractivity (Wildman–Crippen MR) is 91.4 cm³/mol. The van der Waals surface area contributed by atoms with E-state index in [9.17, 15) is 9.18 Å². The number of methoxy groups -OCH3 is 1. The lowest BCUT2D eigenvalue weighted by molar-refractivity contribution is -0.138. The van der Waals surface area contributed by atoms with Crippen LogP contribution in [0.3, 0.4) is 0 Å². The topological polar surface area (TPSA) is 32.8 Å². The Morgan fingerprint density at radius 1 is 1.25 bits per heavy atom. The molecule has 1 aromatic carbocycles. The van der Waals surface area contributed by atoms with Crippen molar-refractivity contribution < 1.29 is 13.9 Å². The molecule has 1 saturated heterocycles. The number of carbonyl (C=O) groups excluding carboxylic acids is 1. The molecule has 1 saturated carbocycles. The first-order valence-electron chi connectivity index (χ1n) is 8.78. The molecule has 1 amide bonds. The molecular weight excluding hydrogens is 307 g/mol. The first-order valence-corrected chi connectivity index (χ1v) is 8.78. The highest BCUT2D eigenvalue weighted by Gasteiger charge is 2.55. The normalized spacial score (nSPS) is 26.4. The molecule has 0 aromatic heterocycles. The Morgan fingerprint density at radius 2 is 1.88 bits per heavy atom. The van der Waals surface area contributed by atoms with Gasteiger partial charge < -0.3 is 9.64 Å². The molecule has 0 bridgehead atoms. The van der Waals surface area contributed by atoms with E-state index >= 15 is 0 Å². The SMILES string of the molecule is COCCN1C(C)CN(C(=O)C2(c3ccccc3F)CC2)CC1C. The summed E-state index contributed by atoms with van der Waals surface area (Å²) in [5, 5.41) is 0. The number of hydrogen-bond acceptors (Lipinski definition) is 3. The van der Waals surface area contributed by atoms with E-state index in [4.69, 9.17) is 4.74 Å². The minimum absolute atomic E-state index is 0.0951. The molecule has 24 heavy (non-hydrogen) atoms. The van der Waals surface area contributed by atoms with Crippen LogP contribution in [-0.4, -0.2) is 61.1 Å². The van der Waals surface area contributed by atoms with Gasteiger partial charge in [0.15, 0.2) is 0 Å². The lowest BCUT2D eigenvalue weighted by atomic mass is 9.92. The summed E-state index contributed by atoms with van der Waals surface area (Å²) in [6.07, 6.45) is 1.50. The molecule has 1 aromatic rings. The maximum Gasteiger partial charge on any atom is 0.233 e. The highest BCUT2D eigenvalue weighted by molar-refractivity contribution is 5.91. The van der Waals surface area contributed by atoms with Gasteiger partial charge in [0.2, 0.25) is 5.91 Å². The zero-order chi connectivity index (χ0) is 17.3. The Kier molecular flexibility index (Phi) is 4.92. The second kappa shape index (κ2) is 6.81. The molecule has 5 heteroatoms. The minimum Gasteiger partial charge on any atom is -0.383 e. The Morgan fingerprint density at radius 3 is 2.42 bits per heavy atom. The molecule has 0 radical (unpaired) electrons. The van der Waals surface area contributed by atoms with Crippen molar-refractivity contribution in [2.24, 2.45) is 0 Å². The summed E-state index contributed by atoms with van der Waals surface area (Å²) in [5.74, 6) is -0.166. The van der Waals surface area contributed by atoms with Gasteiger partial charge in [0.05, 0.1) is 12.0 Å². The molecule has 1 aliphatic carbocycles. The summed E-state index contributed by atoms with van der Waals surface area (Å²) in [7, 11) is 1.71. The van der Waals surface area contributed by atoms with E-state index in [1.54, 1.807) is 19.2 Å². The first kappa shape index (κ1) is 17.4. The molecule has 1 heterocycles. The first-order chi connectivity index (χ1) is 11.5. The van der Waals surface area contributed by atoms with E-state index in [0.717, 1.165) is 19.4 Å². The number of amides is 1. The zero-order valence-electron chi connectivity index (χ0n) is 14.8. The lowest BCUT2D eigenvalue weighted by Crippen LogP contribution is -2.60. The van der Waals surface area contributed by atoms with Crippen molar-refractivity contribution in [1.29, 1.82) is 0 Å². The smallest absolute Gasteiger partial charge is 0.233 e. The van der Waals surface area contributed by atoms with Crippen molar-refractivity contribution in [3.05, 3.63) is 35.6 Å². The van der Waals surface area contributed by atoms with Gasteiger partial charge in [0.25, 0.3) is 0 Å². The van der Waals surface area contributed by atoms with Gasteiger partial charge in [-0.1, -0.05) is 18.2 Å². The van der Waals surface area contributed by atoms with Gasteiger partial charge >= 0.3 is 0 Å². The average Bonchev–Trinajstić information content (AvgIpc) is 3.35. The third kappa shape index (κ3) is 3.07. The quantitative estimate of drug-likeness (QED) is 0.829. The van der Waals surface area contributed by atoms with E-state index in [0.29, 0.717) is 25.3 Å². The molecule has 2 unspecified atom stereocenters. The van der Waals surface area contributed by atoms with E-state index in [-0.39, 0.29) is 23.8 Å². The maximum absolute atomic E-state index is 14.2. The van der Waals surface area contributed by atoms with Crippen LogP contribution in [0, 0.1) is 5.82 Å². The van der Waals surface area contributed by atoms with E-state index in [2.05, 4.69) is 18.7 Å². The van der Waals surface area contributed by atoms with E-state index < -0.39 is 5.41 Å². The predicted octanol–water partition coefficient (Wildman–Crippen LogP) is 2.42. The summed E-state index contributed by atoms with van der Waals surface area (Å²) in [6, 6.07) is 7.28. The number of benzene rings is 1. The van der Waals surface area contributed by atoms with Gasteiger partial charge in [-0.05, 0) is 32.8 Å². The van der Waals surface area contributed by atoms with Crippen LogP contribution < -0.4 is 0 Å². The van der Waals surface area contributed by atoms with Gasteiger partial charge in [-0.25, -0.2) is 4.39 Å². The van der Waals surface area contributed by atoms with Gasteiger partial charge in [-0.15, -0.1) is 0 Å². The van der Waals surface area contributed by atoms with Crippen LogP contribution >= 0.6 is 0 Å². The Balaban J connectivity index is 1.74. The van der Waals surface area contributed by atoms with Crippen LogP contribution in [0.15, 0.2) is 24.3 Å². The zero-order valence-corrected chi connectivity index (χ0v) is 14.8. The molecule has 3 rings (SSSR count). The summed E-state index contributed by atoms with van der Waals surface area (Å²) in [5.41, 5.74) is -0.0587. The molecule has 0 N–H and O–H groups in total. The number of hydrogen-bond donors (Lipinski definition) is 0. The number of rotatable bonds is 5. The number of piperazine rings is 1. The third-order valence-corrected chi connectivity index (χ3v) is 5.49. The van der Waals surface area contributed by atoms with Crippen molar-refractivity contribution in [3.8, 4) is 0 Å². The fourth-order valence-corrected chi connectivity index (χ4v) is 4.04. The van der Waals surface area contributed by atoms with Crippen molar-refractivity contribution >= 4 is 5.91 Å². The van der Waals surface area contributed by atoms with E-state index in [1.165, 1.54) is 6.07 Å². The molecule has 2 fully saturated rings.